The van der Waals surface area contributed by atoms with Gasteiger partial charge in [0.25, 0.3) is 0 Å². The molecule has 5 heteroatoms. The quantitative estimate of drug-likeness (QED) is 0.372. The van der Waals surface area contributed by atoms with E-state index in [0.717, 1.165) is 36.3 Å². The van der Waals surface area contributed by atoms with Crippen LogP contribution in [0.5, 0.6) is 0 Å². The minimum Gasteiger partial charge on any atom is -0.423 e. The van der Waals surface area contributed by atoms with E-state index in [4.69, 9.17) is 13.9 Å². The van der Waals surface area contributed by atoms with Gasteiger partial charge in [-0.2, -0.15) is 0 Å². The third kappa shape index (κ3) is 6.60. The highest BCUT2D eigenvalue weighted by molar-refractivity contribution is 5.98. The Morgan fingerprint density at radius 2 is 1.62 bits per heavy atom. The number of methoxy groups -OCH3 is 2. The van der Waals surface area contributed by atoms with Gasteiger partial charge >= 0.3 is 0 Å². The van der Waals surface area contributed by atoms with Gasteiger partial charge in [-0.3, -0.25) is 5.32 Å². The first-order valence-corrected chi connectivity index (χ1v) is 6.61. The minimum absolute atomic E-state index is 0.0397. The van der Waals surface area contributed by atoms with Crippen LogP contribution < -0.4 is 5.32 Å². The normalized spacial score (nSPS) is 13.3. The Labute approximate surface area is 103 Å². The van der Waals surface area contributed by atoms with E-state index in [1.54, 1.807) is 14.2 Å². The van der Waals surface area contributed by atoms with Crippen molar-refractivity contribution in [3.63, 3.8) is 0 Å². The van der Waals surface area contributed by atoms with Crippen LogP contribution in [-0.2, 0) is 13.9 Å². The summed E-state index contributed by atoms with van der Waals surface area (Å²) in [6.07, 6.45) is 3.33. The van der Waals surface area contributed by atoms with Crippen molar-refractivity contribution in [3.05, 3.63) is 0 Å². The third-order valence-corrected chi connectivity index (χ3v) is 4.09. The van der Waals surface area contributed by atoms with Crippen molar-refractivity contribution >= 4 is 10.5 Å². The highest BCUT2D eigenvalue weighted by Gasteiger charge is 2.21. The molecule has 0 saturated heterocycles. The largest absolute Gasteiger partial charge is 0.423 e. The molecule has 0 aromatic heterocycles. The average Bonchev–Trinajstić information content (AvgIpc) is 2.28. The van der Waals surface area contributed by atoms with E-state index in [-0.39, 0.29) is 5.60 Å². The Hall–Kier alpha value is 0.0569. The summed E-state index contributed by atoms with van der Waals surface area (Å²) in [7, 11) is 4.07. The molecule has 0 rings (SSSR count). The van der Waals surface area contributed by atoms with E-state index in [9.17, 15) is 0 Å². The molecule has 4 nitrogen and oxygen atoms in total. The van der Waals surface area contributed by atoms with Gasteiger partial charge in [-0.15, -0.1) is 0 Å². The summed E-state index contributed by atoms with van der Waals surface area (Å²) in [6.45, 7) is 7.04. The summed E-state index contributed by atoms with van der Waals surface area (Å²) in [5, 5.41) is 3.22. The SMILES string of the molecule is COC(C)(NCCCCC(C)(C)O[SiH3])OC. The van der Waals surface area contributed by atoms with Crippen LogP contribution in [0.2, 0.25) is 0 Å². The molecule has 0 atom stereocenters. The zero-order chi connectivity index (χ0) is 12.7. The Bertz CT molecular complexity index is 184. The predicted octanol–water partition coefficient (Wildman–Crippen LogP) is 0.788. The maximum Gasteiger partial charge on any atom is 0.223 e. The molecule has 1 N–H and O–H groups in total. The molecule has 98 valence electrons. The van der Waals surface area contributed by atoms with E-state index < -0.39 is 5.91 Å². The van der Waals surface area contributed by atoms with Crippen LogP contribution in [0.4, 0.5) is 0 Å². The molecule has 0 aromatic carbocycles. The zero-order valence-corrected chi connectivity index (χ0v) is 13.6. The van der Waals surface area contributed by atoms with E-state index in [1.165, 1.54) is 0 Å². The maximum absolute atomic E-state index is 5.50. The van der Waals surface area contributed by atoms with Gasteiger partial charge in [-0.25, -0.2) is 0 Å². The van der Waals surface area contributed by atoms with Gasteiger partial charge in [0, 0.05) is 33.3 Å². The van der Waals surface area contributed by atoms with Gasteiger partial charge < -0.3 is 13.9 Å². The smallest absolute Gasteiger partial charge is 0.223 e. The lowest BCUT2D eigenvalue weighted by Crippen LogP contribution is -2.46. The molecule has 0 aromatic rings. The van der Waals surface area contributed by atoms with Crippen molar-refractivity contribution in [3.8, 4) is 0 Å². The zero-order valence-electron chi connectivity index (χ0n) is 11.6. The Morgan fingerprint density at radius 1 is 1.06 bits per heavy atom. The van der Waals surface area contributed by atoms with E-state index >= 15 is 0 Å². The fourth-order valence-corrected chi connectivity index (χ4v) is 1.53. The van der Waals surface area contributed by atoms with E-state index in [2.05, 4.69) is 19.2 Å². The van der Waals surface area contributed by atoms with Crippen LogP contribution in [0.25, 0.3) is 0 Å². The second kappa shape index (κ2) is 7.40. The first-order valence-electron chi connectivity index (χ1n) is 5.79. The number of nitrogens with one attached hydrogen (secondary N) is 1. The lowest BCUT2D eigenvalue weighted by molar-refractivity contribution is -0.214. The third-order valence-electron chi connectivity index (χ3n) is 2.98. The molecule has 0 bridgehead atoms. The molecule has 0 aliphatic rings. The summed E-state index contributed by atoms with van der Waals surface area (Å²) in [5.74, 6) is -0.663. The summed E-state index contributed by atoms with van der Waals surface area (Å²) in [6, 6.07) is 0. The van der Waals surface area contributed by atoms with Gasteiger partial charge in [0.2, 0.25) is 5.91 Å². The molecule has 16 heavy (non-hydrogen) atoms. The van der Waals surface area contributed by atoms with Crippen LogP contribution in [0.3, 0.4) is 0 Å². The fraction of sp³-hybridized carbons (Fsp3) is 1.00. The van der Waals surface area contributed by atoms with Gasteiger partial charge in [0.1, 0.15) is 10.5 Å². The predicted molar refractivity (Wildman–Crippen MR) is 69.4 cm³/mol. The second-order valence-electron chi connectivity index (χ2n) is 4.70. The monoisotopic (exact) mass is 249 g/mol. The van der Waals surface area contributed by atoms with Crippen molar-refractivity contribution < 1.29 is 13.9 Å². The van der Waals surface area contributed by atoms with Crippen LogP contribution in [0.15, 0.2) is 0 Å². The molecule has 0 heterocycles. The lowest BCUT2D eigenvalue weighted by Gasteiger charge is -2.28. The number of hydrogen-bond acceptors (Lipinski definition) is 4. The average molecular weight is 249 g/mol. The van der Waals surface area contributed by atoms with Crippen molar-refractivity contribution in [1.82, 2.24) is 5.32 Å². The Balaban J connectivity index is 3.61. The summed E-state index contributed by atoms with van der Waals surface area (Å²) < 4.78 is 15.9. The highest BCUT2D eigenvalue weighted by Crippen LogP contribution is 2.16. The van der Waals surface area contributed by atoms with E-state index in [0.29, 0.717) is 0 Å². The molecule has 0 amide bonds. The summed E-state index contributed by atoms with van der Waals surface area (Å²) >= 11 is 0. The molecular weight excluding hydrogens is 222 g/mol. The standard InChI is InChI=1S/C11H27NO3Si/c1-10(2,15-16)8-6-7-9-12-11(3,13-4)14-5/h12H,6-9H2,1-5,16H3. The maximum atomic E-state index is 5.50. The van der Waals surface area contributed by atoms with Crippen LogP contribution in [0.1, 0.15) is 40.0 Å². The fourth-order valence-electron chi connectivity index (χ4n) is 1.32. The molecule has 0 aliphatic heterocycles. The Morgan fingerprint density at radius 3 is 2.06 bits per heavy atom. The van der Waals surface area contributed by atoms with Gasteiger partial charge in [0.15, 0.2) is 0 Å². The molecule has 0 fully saturated rings. The molecular formula is C11H27NO3Si. The molecule has 0 spiro atoms. The van der Waals surface area contributed by atoms with Gasteiger partial charge in [0.05, 0.1) is 0 Å². The molecule has 0 unspecified atom stereocenters. The first kappa shape index (κ1) is 16.1. The molecule has 0 aliphatic carbocycles. The number of unbranched alkanes of at least 4 members (excludes halogenated alkanes) is 1. The van der Waals surface area contributed by atoms with Gasteiger partial charge in [-0.05, 0) is 33.1 Å². The second-order valence-corrected chi connectivity index (χ2v) is 5.11. The van der Waals surface area contributed by atoms with E-state index in [1.807, 2.05) is 6.92 Å². The van der Waals surface area contributed by atoms with Crippen LogP contribution in [0, 0.1) is 0 Å². The first-order chi connectivity index (χ1) is 7.39. The number of hydrogen-bond donors (Lipinski definition) is 1. The minimum atomic E-state index is -0.663. The highest BCUT2D eigenvalue weighted by atomic mass is 28.2. The summed E-state index contributed by atoms with van der Waals surface area (Å²) in [4.78, 5) is 0. The van der Waals surface area contributed by atoms with Crippen molar-refractivity contribution in [1.29, 1.82) is 0 Å². The number of rotatable bonds is 9. The van der Waals surface area contributed by atoms with Gasteiger partial charge in [-0.1, -0.05) is 0 Å². The number of ether oxygens (including phenoxy) is 2. The van der Waals surface area contributed by atoms with Crippen LogP contribution >= 0.6 is 0 Å². The van der Waals surface area contributed by atoms with Crippen molar-refractivity contribution in [2.45, 2.75) is 51.5 Å². The Kier molecular flexibility index (Phi) is 7.42. The van der Waals surface area contributed by atoms with Crippen LogP contribution in [-0.4, -0.2) is 42.8 Å². The molecule has 0 saturated carbocycles. The van der Waals surface area contributed by atoms with Crippen molar-refractivity contribution in [2.24, 2.45) is 0 Å². The lowest BCUT2D eigenvalue weighted by atomic mass is 10.0. The molecule has 0 radical (unpaired) electrons. The van der Waals surface area contributed by atoms with Crippen molar-refractivity contribution in [2.75, 3.05) is 20.8 Å². The summed E-state index contributed by atoms with van der Waals surface area (Å²) in [5.41, 5.74) is 0.0397. The topological polar surface area (TPSA) is 39.7 Å².